The number of nitrogens with zero attached hydrogens (tertiary/aromatic N) is 1. The maximum atomic E-state index is 5.66. The molecular formula is C15H29N3S. The average Bonchev–Trinajstić information content (AvgIpc) is 2.77. The zero-order valence-electron chi connectivity index (χ0n) is 12.6. The zero-order chi connectivity index (χ0) is 14.1. The molecule has 0 spiro atoms. The summed E-state index contributed by atoms with van der Waals surface area (Å²) < 4.78 is 0. The van der Waals surface area contributed by atoms with Gasteiger partial charge in [-0.05, 0) is 51.1 Å². The van der Waals surface area contributed by atoms with Gasteiger partial charge in [-0.2, -0.15) is 0 Å². The predicted molar refractivity (Wildman–Crippen MR) is 84.7 cm³/mol. The Morgan fingerprint density at radius 2 is 2.11 bits per heavy atom. The summed E-state index contributed by atoms with van der Waals surface area (Å²) in [5.41, 5.74) is 6.88. The third-order valence-electron chi connectivity index (χ3n) is 3.63. The average molecular weight is 283 g/mol. The third kappa shape index (κ3) is 7.04. The van der Waals surface area contributed by atoms with Crippen molar-refractivity contribution >= 4 is 11.3 Å². The Hall–Kier alpha value is -0.450. The van der Waals surface area contributed by atoms with Gasteiger partial charge in [0.15, 0.2) is 0 Å². The highest BCUT2D eigenvalue weighted by molar-refractivity contribution is 7.09. The number of nitrogens with two attached hydrogens (primary N) is 1. The molecule has 0 saturated heterocycles. The number of aromatic nitrogens is 1. The van der Waals surface area contributed by atoms with Crippen LogP contribution in [0.15, 0.2) is 5.38 Å². The van der Waals surface area contributed by atoms with Crippen molar-refractivity contribution in [2.75, 3.05) is 19.6 Å². The van der Waals surface area contributed by atoms with E-state index in [0.29, 0.717) is 0 Å². The van der Waals surface area contributed by atoms with Gasteiger partial charge < -0.3 is 11.1 Å². The van der Waals surface area contributed by atoms with Crippen LogP contribution in [-0.4, -0.2) is 24.6 Å². The van der Waals surface area contributed by atoms with Crippen LogP contribution in [0, 0.1) is 18.8 Å². The second kappa shape index (κ2) is 9.45. The van der Waals surface area contributed by atoms with Crippen LogP contribution in [0.3, 0.4) is 0 Å². The molecule has 0 aliphatic heterocycles. The van der Waals surface area contributed by atoms with Gasteiger partial charge in [0.1, 0.15) is 0 Å². The summed E-state index contributed by atoms with van der Waals surface area (Å²) in [6, 6.07) is 0. The first-order valence-corrected chi connectivity index (χ1v) is 8.33. The lowest BCUT2D eigenvalue weighted by Gasteiger charge is -2.19. The molecule has 0 aliphatic carbocycles. The smallest absolute Gasteiger partial charge is 0.0897 e. The molecule has 1 aromatic rings. The normalized spacial score (nSPS) is 13.1. The van der Waals surface area contributed by atoms with Crippen molar-refractivity contribution in [3.8, 4) is 0 Å². The fraction of sp³-hybridized carbons (Fsp3) is 0.800. The van der Waals surface area contributed by atoms with Crippen LogP contribution in [0.5, 0.6) is 0 Å². The van der Waals surface area contributed by atoms with Gasteiger partial charge in [0.05, 0.1) is 10.7 Å². The van der Waals surface area contributed by atoms with Gasteiger partial charge >= 0.3 is 0 Å². The molecule has 1 heterocycles. The lowest BCUT2D eigenvalue weighted by molar-refractivity contribution is 0.331. The predicted octanol–water partition coefficient (Wildman–Crippen LogP) is 2.98. The molecule has 1 unspecified atom stereocenters. The minimum absolute atomic E-state index is 0.751. The van der Waals surface area contributed by atoms with Crippen molar-refractivity contribution < 1.29 is 0 Å². The molecule has 4 heteroatoms. The summed E-state index contributed by atoms with van der Waals surface area (Å²) in [6.45, 7) is 9.63. The highest BCUT2D eigenvalue weighted by Gasteiger charge is 2.11. The largest absolute Gasteiger partial charge is 0.330 e. The van der Waals surface area contributed by atoms with Gasteiger partial charge in [0.2, 0.25) is 0 Å². The Morgan fingerprint density at radius 3 is 2.68 bits per heavy atom. The maximum absolute atomic E-state index is 5.66. The van der Waals surface area contributed by atoms with Crippen LogP contribution >= 0.6 is 11.3 Å². The molecule has 1 atom stereocenters. The molecular weight excluding hydrogens is 254 g/mol. The van der Waals surface area contributed by atoms with Crippen LogP contribution in [0.2, 0.25) is 0 Å². The van der Waals surface area contributed by atoms with Crippen molar-refractivity contribution in [1.29, 1.82) is 0 Å². The van der Waals surface area contributed by atoms with E-state index < -0.39 is 0 Å². The number of thiazole rings is 1. The van der Waals surface area contributed by atoms with Crippen LogP contribution in [-0.2, 0) is 6.42 Å². The van der Waals surface area contributed by atoms with E-state index in [1.54, 1.807) is 11.3 Å². The van der Waals surface area contributed by atoms with E-state index in [0.717, 1.165) is 49.3 Å². The summed E-state index contributed by atoms with van der Waals surface area (Å²) in [5.74, 6) is 1.54. The summed E-state index contributed by atoms with van der Waals surface area (Å²) in [7, 11) is 0. The lowest BCUT2D eigenvalue weighted by atomic mass is 9.88. The monoisotopic (exact) mass is 283 g/mol. The molecule has 1 aromatic heterocycles. The van der Waals surface area contributed by atoms with Crippen molar-refractivity contribution in [2.45, 2.75) is 46.5 Å². The molecule has 0 saturated carbocycles. The molecule has 0 aliphatic rings. The van der Waals surface area contributed by atoms with Gasteiger partial charge in [-0.15, -0.1) is 11.3 Å². The quantitative estimate of drug-likeness (QED) is 0.649. The van der Waals surface area contributed by atoms with E-state index in [4.69, 9.17) is 5.73 Å². The van der Waals surface area contributed by atoms with E-state index >= 15 is 0 Å². The van der Waals surface area contributed by atoms with Crippen LogP contribution in [0.25, 0.3) is 0 Å². The fourth-order valence-electron chi connectivity index (χ4n) is 2.38. The van der Waals surface area contributed by atoms with Crippen LogP contribution in [0.4, 0.5) is 0 Å². The summed E-state index contributed by atoms with van der Waals surface area (Å²) in [4.78, 5) is 4.47. The highest BCUT2D eigenvalue weighted by atomic mass is 32.1. The molecule has 19 heavy (non-hydrogen) atoms. The Balaban J connectivity index is 2.04. The number of hydrogen-bond donors (Lipinski definition) is 2. The number of hydrogen-bond acceptors (Lipinski definition) is 4. The van der Waals surface area contributed by atoms with Crippen molar-refractivity contribution in [1.82, 2.24) is 10.3 Å². The second-order valence-corrected chi connectivity index (χ2v) is 6.64. The van der Waals surface area contributed by atoms with Gasteiger partial charge in [-0.1, -0.05) is 13.8 Å². The van der Waals surface area contributed by atoms with E-state index in [2.05, 4.69) is 36.5 Å². The third-order valence-corrected chi connectivity index (χ3v) is 4.46. The molecule has 0 amide bonds. The fourth-order valence-corrected chi connectivity index (χ4v) is 3.03. The zero-order valence-corrected chi connectivity index (χ0v) is 13.4. The summed E-state index contributed by atoms with van der Waals surface area (Å²) in [6.07, 6.45) is 4.74. The molecule has 3 N–H and O–H groups in total. The first-order valence-electron chi connectivity index (χ1n) is 7.45. The Labute approximate surface area is 122 Å². The van der Waals surface area contributed by atoms with Crippen molar-refractivity contribution in [3.63, 3.8) is 0 Å². The Morgan fingerprint density at radius 1 is 1.32 bits per heavy atom. The lowest BCUT2D eigenvalue weighted by Crippen LogP contribution is -2.21. The summed E-state index contributed by atoms with van der Waals surface area (Å²) >= 11 is 1.73. The second-order valence-electron chi connectivity index (χ2n) is 5.58. The van der Waals surface area contributed by atoms with Gasteiger partial charge in [0.25, 0.3) is 0 Å². The molecule has 0 aromatic carbocycles. The first kappa shape index (κ1) is 16.6. The Bertz CT molecular complexity index is 336. The highest BCUT2D eigenvalue weighted by Crippen LogP contribution is 2.19. The van der Waals surface area contributed by atoms with E-state index in [9.17, 15) is 0 Å². The van der Waals surface area contributed by atoms with Gasteiger partial charge in [-0.25, -0.2) is 4.98 Å². The number of rotatable bonds is 10. The number of nitrogens with one attached hydrogen (secondary N) is 1. The van der Waals surface area contributed by atoms with E-state index in [1.807, 2.05) is 0 Å². The minimum atomic E-state index is 0.751. The maximum Gasteiger partial charge on any atom is 0.0897 e. The molecule has 0 radical (unpaired) electrons. The van der Waals surface area contributed by atoms with Gasteiger partial charge in [-0.3, -0.25) is 0 Å². The Kier molecular flexibility index (Phi) is 8.26. The van der Waals surface area contributed by atoms with Crippen LogP contribution < -0.4 is 11.1 Å². The minimum Gasteiger partial charge on any atom is -0.330 e. The van der Waals surface area contributed by atoms with Crippen molar-refractivity contribution in [2.24, 2.45) is 17.6 Å². The topological polar surface area (TPSA) is 50.9 Å². The first-order chi connectivity index (χ1) is 9.13. The standard InChI is InChI=1S/C15H29N3S/c1-12(2)14(6-8-16)5-4-9-17-10-7-15-11-19-13(3)18-15/h11-12,14,17H,4-10,16H2,1-3H3. The van der Waals surface area contributed by atoms with E-state index in [-0.39, 0.29) is 0 Å². The molecule has 1 rings (SSSR count). The van der Waals surface area contributed by atoms with Crippen molar-refractivity contribution in [3.05, 3.63) is 16.1 Å². The molecule has 3 nitrogen and oxygen atoms in total. The molecule has 0 fully saturated rings. The van der Waals surface area contributed by atoms with E-state index in [1.165, 1.54) is 18.5 Å². The molecule has 0 bridgehead atoms. The number of aryl methyl sites for hydroxylation is 1. The van der Waals surface area contributed by atoms with Gasteiger partial charge in [0, 0.05) is 18.3 Å². The summed E-state index contributed by atoms with van der Waals surface area (Å²) in [5, 5.41) is 6.84. The SMILES string of the molecule is Cc1nc(CCNCCCC(CCN)C(C)C)cs1. The molecule has 110 valence electrons. The van der Waals surface area contributed by atoms with Crippen LogP contribution in [0.1, 0.15) is 43.8 Å².